The molecule has 2 aromatic carbocycles. The van der Waals surface area contributed by atoms with Gasteiger partial charge in [-0.2, -0.15) is 13.2 Å². The number of aliphatic hydroxyl groups is 1. The number of anilines is 1. The van der Waals surface area contributed by atoms with Gasteiger partial charge in [-0.05, 0) is 80.8 Å². The van der Waals surface area contributed by atoms with E-state index in [9.17, 15) is 32.3 Å². The fraction of sp³-hybridized carbons (Fsp3) is 0.419. The lowest BCUT2D eigenvalue weighted by Crippen LogP contribution is -2.48. The second-order valence-electron chi connectivity index (χ2n) is 10.9. The topological polar surface area (TPSA) is 87.7 Å². The monoisotopic (exact) mass is 570 g/mol. The number of nitrogens with one attached hydrogen (secondary N) is 2. The van der Waals surface area contributed by atoms with E-state index in [0.29, 0.717) is 29.4 Å². The number of carbonyl (C=O) groups excluding carboxylic acids is 2. The van der Waals surface area contributed by atoms with Crippen molar-refractivity contribution in [1.82, 2.24) is 5.32 Å². The predicted octanol–water partition coefficient (Wildman–Crippen LogP) is 5.31. The molecule has 216 valence electrons. The average molecular weight is 571 g/mol. The Bertz CT molecular complexity index is 1450. The van der Waals surface area contributed by atoms with Crippen molar-refractivity contribution in [2.75, 3.05) is 12.4 Å². The van der Waals surface area contributed by atoms with E-state index in [-0.39, 0.29) is 23.1 Å². The van der Waals surface area contributed by atoms with E-state index >= 15 is 0 Å². The Kier molecular flexibility index (Phi) is 7.84. The summed E-state index contributed by atoms with van der Waals surface area (Å²) in [5, 5.41) is 15.1. The number of aliphatic hydroxyl groups excluding tert-OH is 1. The van der Waals surface area contributed by atoms with Crippen LogP contribution in [0.4, 0.5) is 23.2 Å². The molecule has 0 radical (unpaired) electrons. The summed E-state index contributed by atoms with van der Waals surface area (Å²) in [5.41, 5.74) is 0.165. The van der Waals surface area contributed by atoms with Gasteiger partial charge in [-0.25, -0.2) is 4.39 Å². The number of alkyl halides is 3. The summed E-state index contributed by atoms with van der Waals surface area (Å²) in [4.78, 5) is 27.2. The molecule has 5 rings (SSSR count). The van der Waals surface area contributed by atoms with E-state index in [1.54, 1.807) is 18.2 Å². The summed E-state index contributed by atoms with van der Waals surface area (Å²) in [6.45, 7) is 1.52. The molecule has 3 N–H and O–H groups in total. The highest BCUT2D eigenvalue weighted by atomic mass is 19.4. The molecule has 3 saturated carbocycles. The number of hydrogen-bond donors (Lipinski definition) is 3. The maximum absolute atomic E-state index is 13.8. The lowest BCUT2D eigenvalue weighted by molar-refractivity contribution is -0.140. The summed E-state index contributed by atoms with van der Waals surface area (Å²) in [6.07, 6.45) is 0.0339. The molecule has 0 spiro atoms. The van der Waals surface area contributed by atoms with Gasteiger partial charge in [0.05, 0.1) is 24.2 Å². The number of methoxy groups -OCH3 is 1. The highest BCUT2D eigenvalue weighted by Crippen LogP contribution is 2.54. The molecule has 0 heterocycles. The van der Waals surface area contributed by atoms with Gasteiger partial charge in [0.2, 0.25) is 5.91 Å². The third kappa shape index (κ3) is 6.10. The van der Waals surface area contributed by atoms with Gasteiger partial charge >= 0.3 is 6.18 Å². The number of benzene rings is 2. The fourth-order valence-electron chi connectivity index (χ4n) is 5.99. The summed E-state index contributed by atoms with van der Waals surface area (Å²) in [5.74, 6) is 2.73. The van der Waals surface area contributed by atoms with E-state index < -0.39 is 47.4 Å². The van der Waals surface area contributed by atoms with Crippen molar-refractivity contribution < 1.29 is 37.0 Å². The number of allylic oxidation sites excluding steroid dienone is 1. The van der Waals surface area contributed by atoms with Crippen molar-refractivity contribution >= 4 is 17.5 Å². The summed E-state index contributed by atoms with van der Waals surface area (Å²) >= 11 is 0. The molecule has 3 fully saturated rings. The van der Waals surface area contributed by atoms with E-state index in [2.05, 4.69) is 28.6 Å². The van der Waals surface area contributed by atoms with Crippen LogP contribution in [0.15, 0.2) is 48.0 Å². The molecule has 6 nitrogen and oxygen atoms in total. The SMILES string of the molecule is COc1ccc(C#C[C@@H](C)O)cc1C(=O)N[C@@H]1C2CCC(/C2=C/C2CC2)[C@@H]1C(=O)Nc1ccc(F)c(C(F)(F)F)c1. The summed E-state index contributed by atoms with van der Waals surface area (Å²) < 4.78 is 59.0. The van der Waals surface area contributed by atoms with E-state index in [1.807, 2.05) is 0 Å². The van der Waals surface area contributed by atoms with Gasteiger partial charge in [-0.1, -0.05) is 23.5 Å². The molecule has 2 bridgehead atoms. The second-order valence-corrected chi connectivity index (χ2v) is 10.9. The highest BCUT2D eigenvalue weighted by molar-refractivity contribution is 5.99. The molecular weight excluding hydrogens is 540 g/mol. The van der Waals surface area contributed by atoms with Crippen molar-refractivity contribution in [2.24, 2.45) is 23.7 Å². The maximum atomic E-state index is 13.8. The van der Waals surface area contributed by atoms with Gasteiger partial charge in [0.1, 0.15) is 17.7 Å². The molecule has 10 heteroatoms. The summed E-state index contributed by atoms with van der Waals surface area (Å²) in [7, 11) is 1.43. The normalized spacial score (nSPS) is 24.9. The van der Waals surface area contributed by atoms with Crippen LogP contribution in [-0.2, 0) is 11.0 Å². The molecule has 2 amide bonds. The Morgan fingerprint density at radius 3 is 2.49 bits per heavy atom. The lowest BCUT2D eigenvalue weighted by atomic mass is 9.83. The Morgan fingerprint density at radius 1 is 1.10 bits per heavy atom. The molecule has 2 aromatic rings. The molecule has 0 saturated heterocycles. The number of carbonyl (C=O) groups is 2. The van der Waals surface area contributed by atoms with Crippen molar-refractivity contribution in [1.29, 1.82) is 0 Å². The molecular formula is C31H30F4N2O4. The molecule has 3 aliphatic rings. The molecule has 0 aromatic heterocycles. The number of ether oxygens (including phenoxy) is 1. The van der Waals surface area contributed by atoms with Gasteiger partial charge in [-0.15, -0.1) is 0 Å². The van der Waals surface area contributed by atoms with Gasteiger partial charge in [-0.3, -0.25) is 9.59 Å². The number of halogens is 4. The first kappa shape index (κ1) is 28.7. The van der Waals surface area contributed by atoms with Gasteiger partial charge in [0.25, 0.3) is 5.91 Å². The van der Waals surface area contributed by atoms with Crippen LogP contribution < -0.4 is 15.4 Å². The first-order valence-electron chi connectivity index (χ1n) is 13.5. The first-order chi connectivity index (χ1) is 19.5. The Hall–Kier alpha value is -3.84. The number of rotatable bonds is 6. The standard InChI is InChI=1S/C31H30F4N2O4/c1-16(38)3-4-17-7-12-26(41-2)23(14-17)29(39)37-28-21-10-9-20(22(21)13-18-5-6-18)27(28)30(40)36-19-8-11-25(32)24(15-19)31(33,34)35/h7-8,11-16,18,20-21,27-28,38H,5-6,9-10H2,1-2H3,(H,36,40)(H,37,39)/b22-13-/t16-,20?,21?,27+,28-/m1/s1. The fourth-order valence-corrected chi connectivity index (χ4v) is 5.99. The minimum atomic E-state index is -4.92. The highest BCUT2D eigenvalue weighted by Gasteiger charge is 2.55. The average Bonchev–Trinajstić information content (AvgIpc) is 3.60. The van der Waals surface area contributed by atoms with Crippen LogP contribution in [0.25, 0.3) is 0 Å². The summed E-state index contributed by atoms with van der Waals surface area (Å²) in [6, 6.07) is 6.55. The molecule has 3 aliphatic carbocycles. The zero-order valence-electron chi connectivity index (χ0n) is 22.5. The Morgan fingerprint density at radius 2 is 1.83 bits per heavy atom. The molecule has 0 aliphatic heterocycles. The van der Waals surface area contributed by atoms with Crippen LogP contribution in [0.3, 0.4) is 0 Å². The third-order valence-electron chi connectivity index (χ3n) is 7.96. The predicted molar refractivity (Wildman–Crippen MR) is 143 cm³/mol. The maximum Gasteiger partial charge on any atom is 0.419 e. The zero-order chi connectivity index (χ0) is 29.5. The van der Waals surface area contributed by atoms with Crippen LogP contribution >= 0.6 is 0 Å². The number of hydrogen-bond acceptors (Lipinski definition) is 4. The van der Waals surface area contributed by atoms with Crippen molar-refractivity contribution in [3.05, 3.63) is 70.6 Å². The quantitative estimate of drug-likeness (QED) is 0.250. The number of fused-ring (bicyclic) bond motifs is 2. The Balaban J connectivity index is 1.44. The van der Waals surface area contributed by atoms with Crippen molar-refractivity contribution in [3.63, 3.8) is 0 Å². The van der Waals surface area contributed by atoms with Crippen LogP contribution in [0.1, 0.15) is 54.1 Å². The Labute approximate surface area is 235 Å². The van der Waals surface area contributed by atoms with E-state index in [1.165, 1.54) is 14.0 Å². The lowest BCUT2D eigenvalue weighted by Gasteiger charge is -2.30. The van der Waals surface area contributed by atoms with Gasteiger partial charge < -0.3 is 20.5 Å². The van der Waals surface area contributed by atoms with Crippen molar-refractivity contribution in [2.45, 2.75) is 50.9 Å². The van der Waals surface area contributed by atoms with Crippen LogP contribution in [-0.4, -0.2) is 36.2 Å². The van der Waals surface area contributed by atoms with Gasteiger partial charge in [0, 0.05) is 23.2 Å². The first-order valence-corrected chi connectivity index (χ1v) is 13.5. The number of amides is 2. The minimum absolute atomic E-state index is 0.0940. The van der Waals surface area contributed by atoms with E-state index in [4.69, 9.17) is 4.74 Å². The third-order valence-corrected chi connectivity index (χ3v) is 7.96. The van der Waals surface area contributed by atoms with Crippen molar-refractivity contribution in [3.8, 4) is 17.6 Å². The largest absolute Gasteiger partial charge is 0.496 e. The molecule has 5 atom stereocenters. The van der Waals surface area contributed by atoms with Crippen LogP contribution in [0.5, 0.6) is 5.75 Å². The zero-order valence-corrected chi connectivity index (χ0v) is 22.5. The smallest absolute Gasteiger partial charge is 0.419 e. The second kappa shape index (κ2) is 11.2. The molecule has 41 heavy (non-hydrogen) atoms. The van der Waals surface area contributed by atoms with Crippen LogP contribution in [0.2, 0.25) is 0 Å². The van der Waals surface area contributed by atoms with Crippen LogP contribution in [0, 0.1) is 41.3 Å². The molecule has 2 unspecified atom stereocenters. The minimum Gasteiger partial charge on any atom is -0.496 e. The van der Waals surface area contributed by atoms with Gasteiger partial charge in [0.15, 0.2) is 0 Å². The van der Waals surface area contributed by atoms with E-state index in [0.717, 1.165) is 37.3 Å².